The van der Waals surface area contributed by atoms with Crippen molar-refractivity contribution in [2.45, 2.75) is 18.8 Å². The fourth-order valence-electron chi connectivity index (χ4n) is 3.69. The number of carbonyl (C=O) groups is 2. The molecule has 26 heavy (non-hydrogen) atoms. The van der Waals surface area contributed by atoms with Gasteiger partial charge in [-0.25, -0.2) is 0 Å². The van der Waals surface area contributed by atoms with Gasteiger partial charge in [0.15, 0.2) is 0 Å². The zero-order chi connectivity index (χ0) is 18.5. The lowest BCUT2D eigenvalue weighted by Crippen LogP contribution is -3.20. The van der Waals surface area contributed by atoms with Gasteiger partial charge in [-0.15, -0.1) is 0 Å². The average molecular weight is 398 g/mol. The zero-order valence-corrected chi connectivity index (χ0v) is 16.2. The number of aliphatic imine (C=N–C) groups is 1. The molecule has 3 rings (SSSR count). The van der Waals surface area contributed by atoms with Crippen LogP contribution in [0.15, 0.2) is 23.2 Å². The molecule has 1 heterocycles. The van der Waals surface area contributed by atoms with E-state index >= 15 is 0 Å². The summed E-state index contributed by atoms with van der Waals surface area (Å²) in [5.74, 6) is -0.913. The highest BCUT2D eigenvalue weighted by atomic mass is 35.5. The molecule has 0 bridgehead atoms. The van der Waals surface area contributed by atoms with Gasteiger partial charge >= 0.3 is 0 Å². The number of ketones is 2. The van der Waals surface area contributed by atoms with Crippen molar-refractivity contribution in [3.8, 4) is 0 Å². The zero-order valence-electron chi connectivity index (χ0n) is 14.7. The van der Waals surface area contributed by atoms with Crippen LogP contribution in [0, 0.1) is 5.92 Å². The minimum Gasteiger partial charge on any atom is -0.337 e. The third-order valence-electron chi connectivity index (χ3n) is 5.26. The maximum absolute atomic E-state index is 12.5. The van der Waals surface area contributed by atoms with Crippen LogP contribution in [-0.4, -0.2) is 57.0 Å². The number of Topliss-reactive ketones (excluding diaryl/α,β-unsaturated/α-hetero) is 2. The Morgan fingerprint density at radius 3 is 2.46 bits per heavy atom. The first-order valence-electron chi connectivity index (χ1n) is 9.20. The van der Waals surface area contributed by atoms with E-state index in [1.807, 2.05) is 6.07 Å². The second-order valence-electron chi connectivity index (χ2n) is 7.11. The molecule has 0 amide bonds. The van der Waals surface area contributed by atoms with Crippen molar-refractivity contribution in [1.82, 2.24) is 0 Å². The Bertz CT molecular complexity index is 684. The van der Waals surface area contributed by atoms with Crippen molar-refractivity contribution in [3.63, 3.8) is 0 Å². The van der Waals surface area contributed by atoms with Gasteiger partial charge in [0.05, 0.1) is 23.1 Å². The molecule has 0 aromatic heterocycles. The van der Waals surface area contributed by atoms with Gasteiger partial charge in [0.1, 0.15) is 43.7 Å². The summed E-state index contributed by atoms with van der Waals surface area (Å²) in [4.78, 5) is 30.8. The summed E-state index contributed by atoms with van der Waals surface area (Å²) in [7, 11) is 0. The number of nitrogens with two attached hydrogens (primary N) is 1. The standard InChI is InChI=1S/C19H23Cl2N3O2/c20-16-2-1-13(9-17(16)21)14-10-18(25)15(19(26)11-14)12-23-5-8-24-6-3-22-4-7-24/h1-2,9,12,14-15,22H,3-8,10-11H2/p+2. The molecule has 5 nitrogen and oxygen atoms in total. The molecule has 140 valence electrons. The fourth-order valence-corrected chi connectivity index (χ4v) is 4.00. The second-order valence-corrected chi connectivity index (χ2v) is 7.92. The fraction of sp³-hybridized carbons (Fsp3) is 0.526. The Labute approximate surface area is 163 Å². The number of quaternary nitrogens is 2. The number of piperazine rings is 1. The Balaban J connectivity index is 1.54. The van der Waals surface area contributed by atoms with E-state index < -0.39 is 5.92 Å². The van der Waals surface area contributed by atoms with Crippen molar-refractivity contribution < 1.29 is 19.8 Å². The summed E-state index contributed by atoms with van der Waals surface area (Å²) in [6.45, 7) is 6.27. The number of halogens is 2. The maximum atomic E-state index is 12.5. The molecule has 1 aliphatic carbocycles. The van der Waals surface area contributed by atoms with Crippen LogP contribution in [-0.2, 0) is 9.59 Å². The van der Waals surface area contributed by atoms with Crippen LogP contribution < -0.4 is 10.2 Å². The van der Waals surface area contributed by atoms with E-state index in [1.165, 1.54) is 0 Å². The van der Waals surface area contributed by atoms with Gasteiger partial charge in [-0.3, -0.25) is 14.6 Å². The van der Waals surface area contributed by atoms with Crippen LogP contribution in [0.1, 0.15) is 24.3 Å². The van der Waals surface area contributed by atoms with Crippen LogP contribution in [0.4, 0.5) is 0 Å². The number of hydrogen-bond acceptors (Lipinski definition) is 3. The normalized spacial score (nSPS) is 25.2. The van der Waals surface area contributed by atoms with Crippen LogP contribution in [0.2, 0.25) is 10.0 Å². The van der Waals surface area contributed by atoms with Gasteiger partial charge in [0, 0.05) is 19.1 Å². The molecule has 0 atom stereocenters. The molecule has 0 spiro atoms. The quantitative estimate of drug-likeness (QED) is 0.548. The Kier molecular flexibility index (Phi) is 6.81. The highest BCUT2D eigenvalue weighted by molar-refractivity contribution is 6.42. The number of rotatable bonds is 5. The number of hydrogen-bond donors (Lipinski definition) is 2. The van der Waals surface area contributed by atoms with Gasteiger partial charge in [0.2, 0.25) is 0 Å². The minimum atomic E-state index is -0.682. The first-order chi connectivity index (χ1) is 12.5. The van der Waals surface area contributed by atoms with E-state index in [4.69, 9.17) is 23.2 Å². The largest absolute Gasteiger partial charge is 0.337 e. The topological polar surface area (TPSA) is 67.5 Å². The first kappa shape index (κ1) is 19.5. The van der Waals surface area contributed by atoms with E-state index in [0.29, 0.717) is 29.4 Å². The molecule has 1 saturated heterocycles. The van der Waals surface area contributed by atoms with Crippen LogP contribution >= 0.6 is 23.2 Å². The van der Waals surface area contributed by atoms with Gasteiger partial charge in [-0.2, -0.15) is 0 Å². The number of nitrogens with zero attached hydrogens (tertiary/aromatic N) is 1. The summed E-state index contributed by atoms with van der Waals surface area (Å²) in [6, 6.07) is 5.30. The Morgan fingerprint density at radius 1 is 1.12 bits per heavy atom. The number of nitrogens with one attached hydrogen (secondary N) is 1. The first-order valence-corrected chi connectivity index (χ1v) is 9.95. The van der Waals surface area contributed by atoms with Crippen molar-refractivity contribution in [2.75, 3.05) is 39.3 Å². The molecule has 2 aliphatic rings. The van der Waals surface area contributed by atoms with E-state index in [-0.39, 0.29) is 17.5 Å². The van der Waals surface area contributed by atoms with Crippen molar-refractivity contribution in [2.24, 2.45) is 10.9 Å². The Morgan fingerprint density at radius 2 is 1.81 bits per heavy atom. The number of carbonyl (C=O) groups excluding carboxylic acids is 2. The lowest BCUT2D eigenvalue weighted by molar-refractivity contribution is -0.945. The molecular weight excluding hydrogens is 373 g/mol. The molecule has 1 aromatic carbocycles. The predicted octanol–water partition coefficient (Wildman–Crippen LogP) is 0.158. The summed E-state index contributed by atoms with van der Waals surface area (Å²) >= 11 is 12.0. The average Bonchev–Trinajstić information content (AvgIpc) is 2.63. The monoisotopic (exact) mass is 397 g/mol. The smallest absolute Gasteiger partial charge is 0.149 e. The van der Waals surface area contributed by atoms with Crippen molar-refractivity contribution >= 4 is 41.0 Å². The highest BCUT2D eigenvalue weighted by Crippen LogP contribution is 2.34. The molecule has 2 fully saturated rings. The molecule has 7 heteroatoms. The second kappa shape index (κ2) is 9.09. The number of benzene rings is 1. The maximum Gasteiger partial charge on any atom is 0.149 e. The predicted molar refractivity (Wildman–Crippen MR) is 103 cm³/mol. The molecule has 3 N–H and O–H groups in total. The van der Waals surface area contributed by atoms with Gasteiger partial charge in [-0.1, -0.05) is 29.3 Å². The summed E-state index contributed by atoms with van der Waals surface area (Å²) < 4.78 is 0. The lowest BCUT2D eigenvalue weighted by Gasteiger charge is -2.25. The summed E-state index contributed by atoms with van der Waals surface area (Å²) in [5.41, 5.74) is 0.891. The molecule has 1 saturated carbocycles. The van der Waals surface area contributed by atoms with E-state index in [9.17, 15) is 9.59 Å². The summed E-state index contributed by atoms with van der Waals surface area (Å²) in [5, 5.41) is 3.25. The molecule has 1 aromatic rings. The van der Waals surface area contributed by atoms with E-state index in [2.05, 4.69) is 10.3 Å². The highest BCUT2D eigenvalue weighted by Gasteiger charge is 2.35. The lowest BCUT2D eigenvalue weighted by atomic mass is 9.77. The molecule has 0 radical (unpaired) electrons. The van der Waals surface area contributed by atoms with Gasteiger partial charge < -0.3 is 10.2 Å². The summed E-state index contributed by atoms with van der Waals surface area (Å²) in [6.07, 6.45) is 2.26. The van der Waals surface area contributed by atoms with Crippen LogP contribution in [0.5, 0.6) is 0 Å². The molecule has 1 aliphatic heterocycles. The van der Waals surface area contributed by atoms with Crippen LogP contribution in [0.3, 0.4) is 0 Å². The minimum absolute atomic E-state index is 0.0546. The van der Waals surface area contributed by atoms with Crippen LogP contribution in [0.25, 0.3) is 0 Å². The Hall–Kier alpha value is -1.27. The van der Waals surface area contributed by atoms with Gasteiger partial charge in [-0.05, 0) is 23.6 Å². The van der Waals surface area contributed by atoms with Crippen molar-refractivity contribution in [3.05, 3.63) is 33.8 Å². The third kappa shape index (κ3) is 4.92. The molecule has 0 unspecified atom stereocenters. The van der Waals surface area contributed by atoms with E-state index in [1.54, 1.807) is 23.2 Å². The van der Waals surface area contributed by atoms with Gasteiger partial charge in [0.25, 0.3) is 0 Å². The SMILES string of the molecule is O=C1CC(c2ccc(Cl)c(Cl)c2)CC(=O)C1C=NCC[NH+]1CC[NH2+]CC1. The van der Waals surface area contributed by atoms with E-state index in [0.717, 1.165) is 38.3 Å². The van der Waals surface area contributed by atoms with Crippen molar-refractivity contribution in [1.29, 1.82) is 0 Å². The molecular formula is C19H25Cl2N3O2+2. The third-order valence-corrected chi connectivity index (χ3v) is 6.00.